The molecule has 1 aliphatic heterocycles. The molecule has 1 amide bonds. The summed E-state index contributed by atoms with van der Waals surface area (Å²) in [5.74, 6) is 0.335. The van der Waals surface area contributed by atoms with Gasteiger partial charge in [0.25, 0.3) is 5.91 Å². The number of carbonyl (C=O) groups is 1. The maximum Gasteiger partial charge on any atom is 0.256 e. The van der Waals surface area contributed by atoms with Crippen molar-refractivity contribution in [3.8, 4) is 11.5 Å². The van der Waals surface area contributed by atoms with Gasteiger partial charge in [-0.3, -0.25) is 4.79 Å². The molecule has 0 bridgehead atoms. The lowest BCUT2D eigenvalue weighted by molar-refractivity contribution is -0.110. The van der Waals surface area contributed by atoms with E-state index in [1.807, 2.05) is 31.2 Å². The Morgan fingerprint density at radius 1 is 1.07 bits per heavy atom. The van der Waals surface area contributed by atoms with Gasteiger partial charge in [-0.2, -0.15) is 0 Å². The third-order valence-corrected chi connectivity index (χ3v) is 4.91. The Bertz CT molecular complexity index is 1140. The van der Waals surface area contributed by atoms with Crippen molar-refractivity contribution < 1.29 is 18.7 Å². The molecule has 0 atom stereocenters. The molecule has 1 aliphatic rings. The van der Waals surface area contributed by atoms with Crippen LogP contribution in [-0.2, 0) is 11.4 Å². The van der Waals surface area contributed by atoms with Crippen LogP contribution in [0.5, 0.6) is 11.5 Å². The van der Waals surface area contributed by atoms with Crippen molar-refractivity contribution in [3.05, 3.63) is 88.2 Å². The monoisotopic (exact) mass is 423 g/mol. The number of ether oxygens (including phenoxy) is 2. The first-order valence-electron chi connectivity index (χ1n) is 9.51. The van der Waals surface area contributed by atoms with Gasteiger partial charge in [-0.1, -0.05) is 41.9 Å². The van der Waals surface area contributed by atoms with E-state index in [1.54, 1.807) is 30.3 Å². The van der Waals surface area contributed by atoms with E-state index in [0.717, 1.165) is 11.3 Å². The summed E-state index contributed by atoms with van der Waals surface area (Å²) in [6.07, 6.45) is 1.77. The van der Waals surface area contributed by atoms with Crippen LogP contribution in [0, 0.1) is 5.82 Å². The number of amides is 1. The second-order valence-corrected chi connectivity index (χ2v) is 7.15. The molecule has 3 aromatic rings. The third-order valence-electron chi connectivity index (χ3n) is 4.62. The fourth-order valence-electron chi connectivity index (χ4n) is 3.31. The van der Waals surface area contributed by atoms with Crippen molar-refractivity contribution in [2.75, 3.05) is 11.9 Å². The van der Waals surface area contributed by atoms with Crippen molar-refractivity contribution in [2.45, 2.75) is 13.5 Å². The first-order valence-corrected chi connectivity index (χ1v) is 9.89. The van der Waals surface area contributed by atoms with Gasteiger partial charge in [-0.25, -0.2) is 4.39 Å². The molecule has 0 spiro atoms. The fraction of sp³-hybridized carbons (Fsp3) is 0.125. The molecule has 0 aromatic heterocycles. The molecule has 0 radical (unpaired) electrons. The summed E-state index contributed by atoms with van der Waals surface area (Å²) in [6, 6.07) is 17.2. The lowest BCUT2D eigenvalue weighted by atomic mass is 10.0. The minimum atomic E-state index is -0.329. The minimum Gasteiger partial charge on any atom is -0.490 e. The Morgan fingerprint density at radius 3 is 2.70 bits per heavy atom. The largest absolute Gasteiger partial charge is 0.490 e. The Balaban J connectivity index is 1.66. The van der Waals surface area contributed by atoms with Crippen LogP contribution in [0.4, 0.5) is 10.1 Å². The van der Waals surface area contributed by atoms with Gasteiger partial charge >= 0.3 is 0 Å². The highest BCUT2D eigenvalue weighted by Crippen LogP contribution is 2.39. The number of halogens is 2. The Labute approximate surface area is 178 Å². The molecule has 30 heavy (non-hydrogen) atoms. The smallest absolute Gasteiger partial charge is 0.256 e. The highest BCUT2D eigenvalue weighted by Gasteiger charge is 2.23. The molecule has 1 N–H and O–H groups in total. The van der Waals surface area contributed by atoms with Gasteiger partial charge in [0.1, 0.15) is 12.4 Å². The van der Waals surface area contributed by atoms with Crippen LogP contribution >= 0.6 is 11.6 Å². The number of benzene rings is 3. The summed E-state index contributed by atoms with van der Waals surface area (Å²) in [5, 5.41) is 3.19. The highest BCUT2D eigenvalue weighted by atomic mass is 35.5. The Hall–Kier alpha value is -3.31. The Morgan fingerprint density at radius 2 is 1.90 bits per heavy atom. The van der Waals surface area contributed by atoms with E-state index in [1.165, 1.54) is 12.1 Å². The van der Waals surface area contributed by atoms with Crippen LogP contribution in [0.2, 0.25) is 5.02 Å². The molecule has 0 saturated carbocycles. The quantitative estimate of drug-likeness (QED) is 0.498. The average Bonchev–Trinajstić information content (AvgIpc) is 3.03. The van der Waals surface area contributed by atoms with Gasteiger partial charge in [0, 0.05) is 16.8 Å². The van der Waals surface area contributed by atoms with Gasteiger partial charge in [-0.15, -0.1) is 0 Å². The van der Waals surface area contributed by atoms with Gasteiger partial charge in [0.15, 0.2) is 11.5 Å². The first-order chi connectivity index (χ1) is 14.5. The fourth-order valence-corrected chi connectivity index (χ4v) is 3.58. The van der Waals surface area contributed by atoms with Crippen molar-refractivity contribution in [1.82, 2.24) is 0 Å². The lowest BCUT2D eigenvalue weighted by Gasteiger charge is -2.15. The summed E-state index contributed by atoms with van der Waals surface area (Å²) in [7, 11) is 0. The molecular formula is C24H19ClFNO3. The predicted molar refractivity (Wildman–Crippen MR) is 116 cm³/mol. The standard InChI is InChI=1S/C24H19ClFNO3/c1-2-29-22-13-16(11-19-18-8-3-4-9-21(18)27-24(19)28)12-20(25)23(22)30-14-15-6-5-7-17(26)10-15/h3-13H,2,14H2,1H3,(H,27,28)/b19-11+. The molecule has 3 aromatic carbocycles. The first kappa shape index (κ1) is 20.0. The zero-order valence-corrected chi connectivity index (χ0v) is 17.0. The second kappa shape index (κ2) is 8.59. The molecule has 152 valence electrons. The lowest BCUT2D eigenvalue weighted by Crippen LogP contribution is -2.04. The summed E-state index contributed by atoms with van der Waals surface area (Å²) < 4.78 is 25.0. The number of anilines is 1. The van der Waals surface area contributed by atoms with Crippen LogP contribution in [0.25, 0.3) is 11.6 Å². The molecule has 4 rings (SSSR count). The Kier molecular flexibility index (Phi) is 5.72. The molecule has 0 aliphatic carbocycles. The van der Waals surface area contributed by atoms with E-state index in [4.69, 9.17) is 21.1 Å². The van der Waals surface area contributed by atoms with E-state index in [9.17, 15) is 9.18 Å². The molecule has 0 fully saturated rings. The number of carbonyl (C=O) groups excluding carboxylic acids is 1. The van der Waals surface area contributed by atoms with Crippen LogP contribution in [-0.4, -0.2) is 12.5 Å². The van der Waals surface area contributed by atoms with Gasteiger partial charge < -0.3 is 14.8 Å². The van der Waals surface area contributed by atoms with Crippen molar-refractivity contribution in [2.24, 2.45) is 0 Å². The molecule has 4 nitrogen and oxygen atoms in total. The number of rotatable bonds is 6. The maximum absolute atomic E-state index is 13.4. The second-order valence-electron chi connectivity index (χ2n) is 6.74. The highest BCUT2D eigenvalue weighted by molar-refractivity contribution is 6.35. The van der Waals surface area contributed by atoms with Crippen LogP contribution in [0.1, 0.15) is 23.6 Å². The zero-order valence-electron chi connectivity index (χ0n) is 16.2. The summed E-state index contributed by atoms with van der Waals surface area (Å²) in [5.41, 5.74) is 3.56. The van der Waals surface area contributed by atoms with E-state index in [0.29, 0.717) is 39.8 Å². The van der Waals surface area contributed by atoms with Gasteiger partial charge in [-0.05, 0) is 54.5 Å². The van der Waals surface area contributed by atoms with Crippen molar-refractivity contribution in [3.63, 3.8) is 0 Å². The molecular weight excluding hydrogens is 405 g/mol. The average molecular weight is 424 g/mol. The number of nitrogens with one attached hydrogen (secondary N) is 1. The number of hydrogen-bond donors (Lipinski definition) is 1. The molecule has 6 heteroatoms. The summed E-state index contributed by atoms with van der Waals surface area (Å²) in [6.45, 7) is 2.42. The van der Waals surface area contributed by atoms with Gasteiger partial charge in [0.05, 0.1) is 11.6 Å². The van der Waals surface area contributed by atoms with Gasteiger partial charge in [0.2, 0.25) is 0 Å². The minimum absolute atomic E-state index is 0.147. The third kappa shape index (κ3) is 4.16. The van der Waals surface area contributed by atoms with E-state index >= 15 is 0 Å². The summed E-state index contributed by atoms with van der Waals surface area (Å²) >= 11 is 6.48. The van der Waals surface area contributed by atoms with Crippen molar-refractivity contribution in [1.29, 1.82) is 0 Å². The molecule has 1 heterocycles. The maximum atomic E-state index is 13.4. The van der Waals surface area contributed by atoms with Crippen LogP contribution < -0.4 is 14.8 Å². The number of hydrogen-bond acceptors (Lipinski definition) is 3. The van der Waals surface area contributed by atoms with Crippen LogP contribution in [0.15, 0.2) is 60.7 Å². The van der Waals surface area contributed by atoms with E-state index < -0.39 is 0 Å². The predicted octanol–water partition coefficient (Wildman–Crippen LogP) is 5.95. The zero-order chi connectivity index (χ0) is 21.1. The SMILES string of the molecule is CCOc1cc(/C=C2/C(=O)Nc3ccccc32)cc(Cl)c1OCc1cccc(F)c1. The van der Waals surface area contributed by atoms with Crippen LogP contribution in [0.3, 0.4) is 0 Å². The van der Waals surface area contributed by atoms with E-state index in [2.05, 4.69) is 5.32 Å². The molecule has 0 unspecified atom stereocenters. The summed E-state index contributed by atoms with van der Waals surface area (Å²) in [4.78, 5) is 12.4. The normalized spacial score (nSPS) is 13.8. The number of fused-ring (bicyclic) bond motifs is 1. The van der Waals surface area contributed by atoms with Crippen molar-refractivity contribution >= 4 is 34.8 Å². The van der Waals surface area contributed by atoms with E-state index in [-0.39, 0.29) is 18.3 Å². The topological polar surface area (TPSA) is 47.6 Å². The molecule has 0 saturated heterocycles. The number of para-hydroxylation sites is 1.